The van der Waals surface area contributed by atoms with E-state index >= 15 is 0 Å². The normalized spacial score (nSPS) is 24.1. The van der Waals surface area contributed by atoms with Gasteiger partial charge in [0.1, 0.15) is 17.6 Å². The molecule has 71 heavy (non-hydrogen) atoms. The Bertz CT molecular complexity index is 2230. The maximum Gasteiger partial charge on any atom is 0.243 e. The highest BCUT2D eigenvalue weighted by Gasteiger charge is 2.46. The van der Waals surface area contributed by atoms with Crippen molar-refractivity contribution in [1.82, 2.24) is 36.4 Å². The number of ketones is 2. The number of hydrogen-bond acceptors (Lipinski definition) is 9. The zero-order chi connectivity index (χ0) is 51.8. The lowest BCUT2D eigenvalue weighted by molar-refractivity contribution is -0.146. The van der Waals surface area contributed by atoms with Gasteiger partial charge in [-0.15, -0.1) is 0 Å². The highest BCUT2D eigenvalue weighted by atomic mass is 16.2. The zero-order valence-electron chi connectivity index (χ0n) is 44.5. The molecule has 0 bridgehead atoms. The van der Waals surface area contributed by atoms with Gasteiger partial charge in [-0.05, 0) is 111 Å². The Hall–Kier alpha value is -4.95. The van der Waals surface area contributed by atoms with Crippen LogP contribution in [0.1, 0.15) is 167 Å². The third kappa shape index (κ3) is 14.4. The number of nitrogens with one attached hydrogen (secondary N) is 5. The summed E-state index contributed by atoms with van der Waals surface area (Å²) < 4.78 is 0. The molecular weight excluding hydrogens is 895 g/mol. The van der Waals surface area contributed by atoms with Gasteiger partial charge >= 0.3 is 0 Å². The Balaban J connectivity index is 1.12. The highest BCUT2D eigenvalue weighted by molar-refractivity contribution is 5.94. The number of carbonyl (C=O) groups is 7. The number of fused-ring (bicyclic) bond motifs is 2. The van der Waals surface area contributed by atoms with Crippen molar-refractivity contribution in [3.05, 3.63) is 70.8 Å². The van der Waals surface area contributed by atoms with Crippen LogP contribution in [0.15, 0.2) is 48.5 Å². The lowest BCUT2D eigenvalue weighted by atomic mass is 9.76. The molecule has 390 valence electrons. The highest BCUT2D eigenvalue weighted by Crippen LogP contribution is 2.37. The molecule has 0 spiro atoms. The van der Waals surface area contributed by atoms with Gasteiger partial charge in [-0.2, -0.15) is 0 Å². The van der Waals surface area contributed by atoms with Crippen molar-refractivity contribution in [3.8, 4) is 0 Å². The average molecular weight is 980 g/mol. The maximum atomic E-state index is 14.7. The minimum atomic E-state index is -0.874. The van der Waals surface area contributed by atoms with E-state index in [9.17, 15) is 33.6 Å². The summed E-state index contributed by atoms with van der Waals surface area (Å²) in [7, 11) is 1.71. The van der Waals surface area contributed by atoms with Gasteiger partial charge in [0.2, 0.25) is 29.5 Å². The fourth-order valence-electron chi connectivity index (χ4n) is 11.2. The second-order valence-electron chi connectivity index (χ2n) is 23.4. The Morgan fingerprint density at radius 2 is 1.15 bits per heavy atom. The van der Waals surface area contributed by atoms with Gasteiger partial charge in [0, 0.05) is 69.2 Å². The molecule has 0 radical (unpaired) electrons. The fraction of sp³-hybridized carbons (Fsp3) is 0.667. The van der Waals surface area contributed by atoms with E-state index in [0.29, 0.717) is 25.9 Å². The molecule has 2 aliphatic carbocycles. The summed E-state index contributed by atoms with van der Waals surface area (Å²) in [4.78, 5) is 101. The van der Waals surface area contributed by atoms with Crippen LogP contribution in [0, 0.1) is 28.6 Å². The van der Waals surface area contributed by atoms with E-state index < -0.39 is 35.5 Å². The van der Waals surface area contributed by atoms with E-state index in [1.807, 2.05) is 65.0 Å². The average Bonchev–Trinajstić information content (AvgIpc) is 3.94. The van der Waals surface area contributed by atoms with Gasteiger partial charge < -0.3 is 31.5 Å². The molecule has 5 amide bonds. The Morgan fingerprint density at radius 3 is 1.66 bits per heavy atom. The SMILES string of the molecule is CC[C@@H](C)C(=O)C[C@H](CN1C[C@@H](NC(=O)CCC(=O)N[C@H]2C[C@@H](C(=O)N[C@@H]3CCCc4ccccc43)N(C(=O)[C@@H](CC(=O)[C@H](C)NC)C(C)(C)C)C2)C[C@H]1C(=O)N[C@@H]1CCCc2ccccc21)C(C)(C)C. The molecule has 4 aliphatic rings. The van der Waals surface area contributed by atoms with Gasteiger partial charge in [-0.1, -0.05) is 104 Å². The van der Waals surface area contributed by atoms with Crippen LogP contribution in [0.3, 0.4) is 0 Å². The molecular formula is C57H85N7O7. The van der Waals surface area contributed by atoms with E-state index in [4.69, 9.17) is 0 Å². The van der Waals surface area contributed by atoms with Crippen LogP contribution >= 0.6 is 0 Å². The Labute approximate surface area is 423 Å². The molecule has 14 heteroatoms. The van der Waals surface area contributed by atoms with Crippen LogP contribution < -0.4 is 26.6 Å². The van der Waals surface area contributed by atoms with Crippen LogP contribution in [0.4, 0.5) is 0 Å². The predicted octanol–water partition coefficient (Wildman–Crippen LogP) is 6.70. The number of amides is 5. The van der Waals surface area contributed by atoms with Crippen molar-refractivity contribution in [2.24, 2.45) is 28.6 Å². The molecule has 2 aromatic rings. The van der Waals surface area contributed by atoms with Crippen molar-refractivity contribution >= 4 is 41.1 Å². The summed E-state index contributed by atoms with van der Waals surface area (Å²) in [5.74, 6) is -2.02. The fourth-order valence-corrected chi connectivity index (χ4v) is 11.2. The van der Waals surface area contributed by atoms with Crippen LogP contribution in [0.2, 0.25) is 0 Å². The van der Waals surface area contributed by atoms with E-state index in [2.05, 4.69) is 70.5 Å². The maximum absolute atomic E-state index is 14.7. The number of rotatable bonds is 20. The summed E-state index contributed by atoms with van der Waals surface area (Å²) in [5, 5.41) is 15.8. The summed E-state index contributed by atoms with van der Waals surface area (Å²) in [6, 6.07) is 13.3. The minimum Gasteiger partial charge on any atom is -0.352 e. The molecule has 2 aliphatic heterocycles. The Morgan fingerprint density at radius 1 is 0.648 bits per heavy atom. The summed E-state index contributed by atoms with van der Waals surface area (Å²) in [6.45, 7) is 19.0. The van der Waals surface area contributed by atoms with E-state index in [1.54, 1.807) is 18.9 Å². The van der Waals surface area contributed by atoms with Gasteiger partial charge in [0.15, 0.2) is 0 Å². The number of hydrogen-bond donors (Lipinski definition) is 5. The quantitative estimate of drug-likeness (QED) is 0.0964. The third-order valence-electron chi connectivity index (χ3n) is 16.2. The van der Waals surface area contributed by atoms with Crippen molar-refractivity contribution in [1.29, 1.82) is 0 Å². The molecule has 2 heterocycles. The number of carbonyl (C=O) groups excluding carboxylic acids is 7. The molecule has 10 atom stereocenters. The number of aryl methyl sites for hydroxylation is 2. The first-order valence-corrected chi connectivity index (χ1v) is 26.7. The molecule has 14 nitrogen and oxygen atoms in total. The first-order valence-electron chi connectivity index (χ1n) is 26.7. The van der Waals surface area contributed by atoms with Crippen molar-refractivity contribution in [3.63, 3.8) is 0 Å². The molecule has 2 saturated heterocycles. The van der Waals surface area contributed by atoms with Gasteiger partial charge in [0.05, 0.1) is 24.2 Å². The van der Waals surface area contributed by atoms with Crippen molar-refractivity contribution in [2.45, 2.75) is 188 Å². The van der Waals surface area contributed by atoms with Crippen LogP contribution in [0.25, 0.3) is 0 Å². The second kappa shape index (κ2) is 24.2. The van der Waals surface area contributed by atoms with E-state index in [1.165, 1.54) is 11.1 Å². The van der Waals surface area contributed by atoms with Gasteiger partial charge in [-0.25, -0.2) is 0 Å². The van der Waals surface area contributed by atoms with Crippen LogP contribution in [0.5, 0.6) is 0 Å². The topological polar surface area (TPSA) is 186 Å². The third-order valence-corrected chi connectivity index (χ3v) is 16.2. The molecule has 2 fully saturated rings. The van der Waals surface area contributed by atoms with Crippen molar-refractivity contribution in [2.75, 3.05) is 26.7 Å². The standard InChI is InChI=1S/C57H85N7O7/c1-11-35(2)49(65)28-39(56(4,5)6)32-63-33-40(29-47(63)53(69)61-45-24-16-20-37-18-12-14-22-42(37)45)59-51(67)26-27-52(68)60-41-30-48(54(70)62-46-25-17-21-38-19-13-15-23-43(38)46)64(34-41)55(71)44(57(7,8)9)31-50(66)36(3)58-10/h12-15,18-19,22-23,35-36,39-41,44-48,58H,11,16-17,20-21,24-34H2,1-10H3,(H,59,67)(H,60,68)(H,61,69)(H,62,70)/t35-,36+,39-,40+,41+,44-,45-,46-,47+,48+/m1/s1. The van der Waals surface area contributed by atoms with Gasteiger partial charge in [-0.3, -0.25) is 38.5 Å². The minimum absolute atomic E-state index is 0.00557. The van der Waals surface area contributed by atoms with Gasteiger partial charge in [0.25, 0.3) is 0 Å². The molecule has 0 aromatic heterocycles. The molecule has 0 saturated carbocycles. The summed E-state index contributed by atoms with van der Waals surface area (Å²) in [5.41, 5.74) is 3.85. The van der Waals surface area contributed by atoms with E-state index in [0.717, 1.165) is 56.1 Å². The number of benzene rings is 2. The number of likely N-dealkylation sites (N-methyl/N-ethyl adjacent to an activating group) is 1. The Kier molecular flexibility index (Phi) is 18.9. The van der Waals surface area contributed by atoms with Crippen molar-refractivity contribution < 1.29 is 33.6 Å². The summed E-state index contributed by atoms with van der Waals surface area (Å²) in [6.07, 6.45) is 6.98. The number of nitrogens with zero attached hydrogens (tertiary/aromatic N) is 2. The first-order chi connectivity index (χ1) is 33.6. The second-order valence-corrected chi connectivity index (χ2v) is 23.4. The number of likely N-dealkylation sites (tertiary alicyclic amines) is 2. The van der Waals surface area contributed by atoms with Crippen LogP contribution in [-0.2, 0) is 46.4 Å². The zero-order valence-corrected chi connectivity index (χ0v) is 44.5. The number of Topliss-reactive ketones (excluding diaryl/α,β-unsaturated/α-hetero) is 2. The molecule has 0 unspecified atom stereocenters. The predicted molar refractivity (Wildman–Crippen MR) is 277 cm³/mol. The first kappa shape index (κ1) is 55.4. The lowest BCUT2D eigenvalue weighted by Crippen LogP contribution is -2.51. The van der Waals surface area contributed by atoms with Crippen LogP contribution in [-0.4, -0.2) is 108 Å². The largest absolute Gasteiger partial charge is 0.352 e. The molecule has 2 aromatic carbocycles. The monoisotopic (exact) mass is 980 g/mol. The lowest BCUT2D eigenvalue weighted by Gasteiger charge is -2.36. The van der Waals surface area contributed by atoms with E-state index in [-0.39, 0.29) is 109 Å². The smallest absolute Gasteiger partial charge is 0.243 e. The summed E-state index contributed by atoms with van der Waals surface area (Å²) >= 11 is 0. The molecule has 6 rings (SSSR count). The molecule has 5 N–H and O–H groups in total.